The molecule has 0 spiro atoms. The van der Waals surface area contributed by atoms with Gasteiger partial charge in [0.15, 0.2) is 6.10 Å². The molecule has 6 nitrogen and oxygen atoms in total. The monoisotopic (exact) mass is 1010 g/mol. The lowest BCUT2D eigenvalue weighted by Crippen LogP contribution is -2.30. The third kappa shape index (κ3) is 58.3. The fraction of sp³-hybridized carbons (Fsp3) is 0.833. The molecule has 0 amide bonds. The van der Waals surface area contributed by atoms with Crippen LogP contribution in [0.2, 0.25) is 0 Å². The highest BCUT2D eigenvalue weighted by atomic mass is 16.6. The van der Waals surface area contributed by atoms with Gasteiger partial charge in [-0.25, -0.2) is 0 Å². The normalized spacial score (nSPS) is 12.3. The predicted molar refractivity (Wildman–Crippen MR) is 312 cm³/mol. The van der Waals surface area contributed by atoms with Crippen LogP contribution in [0.25, 0.3) is 0 Å². The van der Waals surface area contributed by atoms with Crippen LogP contribution in [0.4, 0.5) is 0 Å². The highest BCUT2D eigenvalue weighted by Gasteiger charge is 2.19. The topological polar surface area (TPSA) is 78.9 Å². The Morgan fingerprint density at radius 1 is 0.278 bits per heavy atom. The quantitative estimate of drug-likeness (QED) is 0.0261. The number of rotatable bonds is 58. The van der Waals surface area contributed by atoms with Gasteiger partial charge >= 0.3 is 17.9 Å². The van der Waals surface area contributed by atoms with Crippen LogP contribution >= 0.6 is 0 Å². The van der Waals surface area contributed by atoms with Crippen molar-refractivity contribution in [3.63, 3.8) is 0 Å². The summed E-state index contributed by atoms with van der Waals surface area (Å²) in [5.41, 5.74) is 0. The minimum Gasteiger partial charge on any atom is -0.462 e. The molecular weight excluding hydrogens is 889 g/mol. The van der Waals surface area contributed by atoms with Gasteiger partial charge < -0.3 is 14.2 Å². The maximum absolute atomic E-state index is 12.8. The number of carbonyl (C=O) groups excluding carboxylic acids is 3. The van der Waals surface area contributed by atoms with E-state index < -0.39 is 6.10 Å². The molecule has 0 radical (unpaired) electrons. The van der Waals surface area contributed by atoms with Gasteiger partial charge in [0.25, 0.3) is 0 Å². The number of ether oxygens (including phenoxy) is 3. The number of hydrogen-bond donors (Lipinski definition) is 0. The summed E-state index contributed by atoms with van der Waals surface area (Å²) in [5.74, 6) is -0.883. The third-order valence-corrected chi connectivity index (χ3v) is 14.1. The second kappa shape index (κ2) is 60.9. The Hall–Kier alpha value is -2.63. The Balaban J connectivity index is 4.07. The molecule has 0 aliphatic carbocycles. The molecule has 0 heterocycles. The molecule has 0 aromatic heterocycles. The fourth-order valence-electron chi connectivity index (χ4n) is 9.27. The summed E-state index contributed by atoms with van der Waals surface area (Å²) >= 11 is 0. The zero-order valence-corrected chi connectivity index (χ0v) is 48.2. The molecule has 0 N–H and O–H groups in total. The van der Waals surface area contributed by atoms with Crippen molar-refractivity contribution in [3.05, 3.63) is 48.6 Å². The van der Waals surface area contributed by atoms with Crippen molar-refractivity contribution in [1.29, 1.82) is 0 Å². The molecule has 0 aromatic rings. The van der Waals surface area contributed by atoms with Crippen molar-refractivity contribution >= 4 is 17.9 Å². The van der Waals surface area contributed by atoms with E-state index in [1.54, 1.807) is 0 Å². The third-order valence-electron chi connectivity index (χ3n) is 14.1. The Morgan fingerprint density at radius 3 is 0.792 bits per heavy atom. The average Bonchev–Trinajstić information content (AvgIpc) is 3.38. The highest BCUT2D eigenvalue weighted by Crippen LogP contribution is 2.17. The summed E-state index contributed by atoms with van der Waals surface area (Å²) in [4.78, 5) is 38.0. The van der Waals surface area contributed by atoms with Crippen LogP contribution in [0.1, 0.15) is 335 Å². The second-order valence-electron chi connectivity index (χ2n) is 21.3. The van der Waals surface area contributed by atoms with Gasteiger partial charge in [-0.1, -0.05) is 281 Å². The lowest BCUT2D eigenvalue weighted by atomic mass is 10.0. The van der Waals surface area contributed by atoms with Gasteiger partial charge in [-0.15, -0.1) is 0 Å². The van der Waals surface area contributed by atoms with Crippen molar-refractivity contribution in [2.75, 3.05) is 13.2 Å². The van der Waals surface area contributed by atoms with Crippen molar-refractivity contribution in [3.8, 4) is 0 Å². The van der Waals surface area contributed by atoms with Crippen molar-refractivity contribution < 1.29 is 28.6 Å². The van der Waals surface area contributed by atoms with Crippen LogP contribution in [0.5, 0.6) is 0 Å². The lowest BCUT2D eigenvalue weighted by Gasteiger charge is -2.18. The molecular formula is C66H120O6. The van der Waals surface area contributed by atoms with E-state index in [2.05, 4.69) is 69.4 Å². The summed E-state index contributed by atoms with van der Waals surface area (Å²) < 4.78 is 16.8. The molecule has 1 unspecified atom stereocenters. The minimum atomic E-state index is -0.776. The van der Waals surface area contributed by atoms with E-state index >= 15 is 0 Å². The van der Waals surface area contributed by atoms with Crippen molar-refractivity contribution in [1.82, 2.24) is 0 Å². The summed E-state index contributed by atoms with van der Waals surface area (Å²) in [7, 11) is 0. The van der Waals surface area contributed by atoms with E-state index in [-0.39, 0.29) is 31.1 Å². The van der Waals surface area contributed by atoms with E-state index in [1.165, 1.54) is 218 Å². The molecule has 0 saturated carbocycles. The number of esters is 3. The standard InChI is InChI=1S/C66H120O6/c1-4-7-10-13-16-18-20-22-24-26-28-30-31-32-33-34-35-37-38-40-42-44-46-48-50-53-56-59-65(68)71-62-63(61-70-64(67)58-55-52-15-12-9-6-3)72-66(69)60-57-54-51-49-47-45-43-41-39-36-29-27-25-23-21-19-17-14-11-8-5-2/h21,23,26-29,39,41,63H,4-20,22,24-25,30-38,40,42-62H2,1-3H3/b23-21-,28-26-,29-27-,41-39-. The molecule has 420 valence electrons. The highest BCUT2D eigenvalue weighted by molar-refractivity contribution is 5.71. The van der Waals surface area contributed by atoms with Gasteiger partial charge in [0, 0.05) is 19.3 Å². The number of carbonyl (C=O) groups is 3. The zero-order valence-electron chi connectivity index (χ0n) is 48.2. The van der Waals surface area contributed by atoms with E-state index in [4.69, 9.17) is 14.2 Å². The molecule has 0 saturated heterocycles. The molecule has 0 rings (SSSR count). The first-order chi connectivity index (χ1) is 35.5. The first-order valence-electron chi connectivity index (χ1n) is 31.6. The molecule has 0 aliphatic rings. The first-order valence-corrected chi connectivity index (χ1v) is 31.6. The minimum absolute atomic E-state index is 0.0758. The Kier molecular flexibility index (Phi) is 58.7. The van der Waals surface area contributed by atoms with Crippen LogP contribution < -0.4 is 0 Å². The number of allylic oxidation sites excluding steroid dienone is 8. The van der Waals surface area contributed by atoms with Crippen LogP contribution in [0.3, 0.4) is 0 Å². The van der Waals surface area contributed by atoms with Gasteiger partial charge in [0.1, 0.15) is 13.2 Å². The molecule has 0 aliphatic heterocycles. The van der Waals surface area contributed by atoms with Crippen molar-refractivity contribution in [2.45, 2.75) is 341 Å². The van der Waals surface area contributed by atoms with E-state index in [0.29, 0.717) is 19.3 Å². The second-order valence-corrected chi connectivity index (χ2v) is 21.3. The summed E-state index contributed by atoms with van der Waals surface area (Å²) in [6.45, 7) is 6.60. The van der Waals surface area contributed by atoms with Gasteiger partial charge in [-0.05, 0) is 83.5 Å². The molecule has 6 heteroatoms. The first kappa shape index (κ1) is 69.4. The zero-order chi connectivity index (χ0) is 52.2. The Morgan fingerprint density at radius 2 is 0.500 bits per heavy atom. The molecule has 0 aromatic carbocycles. The number of hydrogen-bond acceptors (Lipinski definition) is 6. The van der Waals surface area contributed by atoms with Gasteiger partial charge in [-0.2, -0.15) is 0 Å². The van der Waals surface area contributed by atoms with Crippen LogP contribution in [-0.4, -0.2) is 37.2 Å². The predicted octanol–water partition coefficient (Wildman–Crippen LogP) is 21.4. The van der Waals surface area contributed by atoms with Gasteiger partial charge in [0.2, 0.25) is 0 Å². The summed E-state index contributed by atoms with van der Waals surface area (Å²) in [5, 5.41) is 0. The van der Waals surface area contributed by atoms with E-state index in [1.807, 2.05) is 0 Å². The van der Waals surface area contributed by atoms with E-state index in [0.717, 1.165) is 77.0 Å². The van der Waals surface area contributed by atoms with Crippen molar-refractivity contribution in [2.24, 2.45) is 0 Å². The van der Waals surface area contributed by atoms with Gasteiger partial charge in [0.05, 0.1) is 0 Å². The fourth-order valence-corrected chi connectivity index (χ4v) is 9.27. The SMILES string of the molecule is CCCCCCC/C=C\C/C=C\C/C=C\CCCCCCCCC(=O)OC(COC(=O)CCCCCCCC)COC(=O)CCCCCCCCCCCCCCCCC/C=C\CCCCCCCCCC. The Bertz CT molecular complexity index is 1250. The molecule has 72 heavy (non-hydrogen) atoms. The average molecular weight is 1010 g/mol. The molecule has 0 bridgehead atoms. The van der Waals surface area contributed by atoms with Crippen LogP contribution in [0, 0.1) is 0 Å². The van der Waals surface area contributed by atoms with Crippen LogP contribution in [-0.2, 0) is 28.6 Å². The maximum atomic E-state index is 12.8. The summed E-state index contributed by atoms with van der Waals surface area (Å²) in [6.07, 6.45) is 75.9. The van der Waals surface area contributed by atoms with Crippen LogP contribution in [0.15, 0.2) is 48.6 Å². The molecule has 1 atom stereocenters. The smallest absolute Gasteiger partial charge is 0.306 e. The van der Waals surface area contributed by atoms with Gasteiger partial charge in [-0.3, -0.25) is 14.4 Å². The maximum Gasteiger partial charge on any atom is 0.306 e. The Labute approximate surface area is 448 Å². The largest absolute Gasteiger partial charge is 0.462 e. The summed E-state index contributed by atoms with van der Waals surface area (Å²) in [6, 6.07) is 0. The molecule has 0 fully saturated rings. The van der Waals surface area contributed by atoms with E-state index in [9.17, 15) is 14.4 Å². The lowest BCUT2D eigenvalue weighted by molar-refractivity contribution is -0.167. The number of unbranched alkanes of at least 4 members (excludes halogenated alkanes) is 39.